The van der Waals surface area contributed by atoms with Crippen molar-refractivity contribution in [2.75, 3.05) is 18.5 Å². The molecule has 0 saturated heterocycles. The number of aryl methyl sites for hydroxylation is 1. The van der Waals surface area contributed by atoms with E-state index in [9.17, 15) is 4.79 Å². The lowest BCUT2D eigenvalue weighted by molar-refractivity contribution is 0.101. The number of benzene rings is 1. The third-order valence-corrected chi connectivity index (χ3v) is 5.08. The van der Waals surface area contributed by atoms with Crippen LogP contribution >= 0.6 is 27.3 Å². The molecule has 1 N–H and O–H groups in total. The van der Waals surface area contributed by atoms with Gasteiger partial charge in [0.15, 0.2) is 16.6 Å². The maximum absolute atomic E-state index is 12.5. The van der Waals surface area contributed by atoms with E-state index < -0.39 is 0 Å². The van der Waals surface area contributed by atoms with Crippen LogP contribution in [-0.2, 0) is 6.54 Å². The molecule has 24 heavy (non-hydrogen) atoms. The Morgan fingerprint density at radius 1 is 1.33 bits per heavy atom. The number of hydrogen-bond donors (Lipinski definition) is 1. The molecule has 1 aliphatic rings. The van der Waals surface area contributed by atoms with Gasteiger partial charge in [-0.05, 0) is 28.9 Å². The van der Waals surface area contributed by atoms with Gasteiger partial charge in [-0.1, -0.05) is 11.3 Å². The van der Waals surface area contributed by atoms with Crippen molar-refractivity contribution in [1.29, 1.82) is 0 Å². The molecular formula is C16H14BrN3O3S. The molecule has 3 aromatic rings. The summed E-state index contributed by atoms with van der Waals surface area (Å²) in [6.07, 6.45) is 1.88. The van der Waals surface area contributed by atoms with Crippen LogP contribution in [0.1, 0.15) is 17.4 Å². The molecule has 0 bridgehead atoms. The molecule has 0 atom stereocenters. The van der Waals surface area contributed by atoms with Crippen molar-refractivity contribution in [2.45, 2.75) is 13.5 Å². The van der Waals surface area contributed by atoms with Crippen LogP contribution in [0.25, 0.3) is 10.2 Å². The van der Waals surface area contributed by atoms with Gasteiger partial charge in [0, 0.05) is 29.3 Å². The molecule has 1 amide bonds. The summed E-state index contributed by atoms with van der Waals surface area (Å²) in [5.74, 6) is 1.23. The molecular weight excluding hydrogens is 394 g/mol. The number of rotatable bonds is 3. The van der Waals surface area contributed by atoms with E-state index in [-0.39, 0.29) is 5.91 Å². The van der Waals surface area contributed by atoms with Crippen molar-refractivity contribution in [3.8, 4) is 11.5 Å². The van der Waals surface area contributed by atoms with Crippen molar-refractivity contribution < 1.29 is 14.3 Å². The van der Waals surface area contributed by atoms with Gasteiger partial charge in [-0.2, -0.15) is 0 Å². The quantitative estimate of drug-likeness (QED) is 0.714. The van der Waals surface area contributed by atoms with E-state index in [1.54, 1.807) is 6.07 Å². The van der Waals surface area contributed by atoms with E-state index in [0.29, 0.717) is 29.8 Å². The Morgan fingerprint density at radius 2 is 2.08 bits per heavy atom. The Morgan fingerprint density at radius 3 is 2.83 bits per heavy atom. The van der Waals surface area contributed by atoms with Crippen LogP contribution in [0.15, 0.2) is 28.9 Å². The van der Waals surface area contributed by atoms with Gasteiger partial charge in [0.05, 0.1) is 10.2 Å². The Kier molecular flexibility index (Phi) is 3.93. The second-order valence-corrected chi connectivity index (χ2v) is 7.21. The van der Waals surface area contributed by atoms with Crippen molar-refractivity contribution in [3.05, 3.63) is 34.6 Å². The fourth-order valence-corrected chi connectivity index (χ4v) is 3.94. The summed E-state index contributed by atoms with van der Waals surface area (Å²) in [6.45, 7) is 3.79. The molecule has 0 radical (unpaired) electrons. The topological polar surface area (TPSA) is 65.4 Å². The Labute approximate surface area is 150 Å². The highest BCUT2D eigenvalue weighted by Crippen LogP contribution is 2.37. The van der Waals surface area contributed by atoms with Crippen LogP contribution in [0.4, 0.5) is 5.13 Å². The number of fused-ring (bicyclic) bond motifs is 2. The molecule has 1 aliphatic heterocycles. The van der Waals surface area contributed by atoms with Crippen LogP contribution in [0.2, 0.25) is 0 Å². The molecule has 0 fully saturated rings. The predicted octanol–water partition coefficient (Wildman–Crippen LogP) is 3.90. The number of thiazole rings is 1. The summed E-state index contributed by atoms with van der Waals surface area (Å²) >= 11 is 4.82. The highest BCUT2D eigenvalue weighted by Gasteiger charge is 2.17. The first-order valence-corrected chi connectivity index (χ1v) is 9.12. The number of anilines is 1. The number of ether oxygens (including phenoxy) is 2. The Bertz CT molecular complexity index is 891. The molecule has 0 saturated carbocycles. The third kappa shape index (κ3) is 2.76. The fourth-order valence-electron chi connectivity index (χ4n) is 2.61. The van der Waals surface area contributed by atoms with Crippen LogP contribution < -0.4 is 14.8 Å². The molecule has 0 aliphatic carbocycles. The lowest BCUT2D eigenvalue weighted by Gasteiger charge is -2.17. The lowest BCUT2D eigenvalue weighted by Crippen LogP contribution is -2.16. The first kappa shape index (κ1) is 15.5. The lowest BCUT2D eigenvalue weighted by atomic mass is 10.3. The second kappa shape index (κ2) is 6.10. The Balaban J connectivity index is 1.63. The normalized spacial score (nSPS) is 13.2. The molecule has 3 heterocycles. The van der Waals surface area contributed by atoms with E-state index in [4.69, 9.17) is 9.47 Å². The van der Waals surface area contributed by atoms with Crippen molar-refractivity contribution in [1.82, 2.24) is 9.55 Å². The number of halogens is 1. The van der Waals surface area contributed by atoms with Crippen molar-refractivity contribution >= 4 is 48.5 Å². The summed E-state index contributed by atoms with van der Waals surface area (Å²) in [5.41, 5.74) is 1.38. The Hall–Kier alpha value is -2.06. The molecule has 0 spiro atoms. The number of carbonyl (C=O) groups is 1. The summed E-state index contributed by atoms with van der Waals surface area (Å²) in [5, 5.41) is 3.42. The van der Waals surface area contributed by atoms with Crippen molar-refractivity contribution in [3.63, 3.8) is 0 Å². The molecule has 8 heteroatoms. The highest BCUT2D eigenvalue weighted by molar-refractivity contribution is 9.10. The zero-order valence-corrected chi connectivity index (χ0v) is 15.2. The van der Waals surface area contributed by atoms with Gasteiger partial charge in [-0.15, -0.1) is 0 Å². The molecule has 2 aromatic heterocycles. The summed E-state index contributed by atoms with van der Waals surface area (Å²) in [6, 6.07) is 5.55. The average molecular weight is 408 g/mol. The van der Waals surface area contributed by atoms with Gasteiger partial charge < -0.3 is 14.0 Å². The van der Waals surface area contributed by atoms with Crippen LogP contribution in [0.3, 0.4) is 0 Å². The molecule has 4 rings (SSSR count). The van der Waals surface area contributed by atoms with Gasteiger partial charge in [-0.3, -0.25) is 10.1 Å². The molecule has 124 valence electrons. The van der Waals surface area contributed by atoms with Crippen LogP contribution in [0, 0.1) is 0 Å². The molecule has 6 nitrogen and oxygen atoms in total. The van der Waals surface area contributed by atoms with Gasteiger partial charge >= 0.3 is 0 Å². The number of aromatic nitrogens is 2. The van der Waals surface area contributed by atoms with Gasteiger partial charge in [-0.25, -0.2) is 4.98 Å². The highest BCUT2D eigenvalue weighted by atomic mass is 79.9. The number of hydrogen-bond acceptors (Lipinski definition) is 5. The summed E-state index contributed by atoms with van der Waals surface area (Å²) < 4.78 is 14.9. The number of nitrogens with one attached hydrogen (secondary N) is 1. The SMILES string of the molecule is CCn1cc(Br)cc1C(=O)Nc1nc2cc3c(cc2s1)OCCO3. The van der Waals surface area contributed by atoms with Gasteiger partial charge in [0.25, 0.3) is 5.91 Å². The average Bonchev–Trinajstić information content (AvgIpc) is 3.14. The van der Waals surface area contributed by atoms with E-state index in [1.807, 2.05) is 29.8 Å². The molecule has 0 unspecified atom stereocenters. The largest absolute Gasteiger partial charge is 0.486 e. The van der Waals surface area contributed by atoms with Gasteiger partial charge in [0.2, 0.25) is 0 Å². The van der Waals surface area contributed by atoms with E-state index in [0.717, 1.165) is 27.0 Å². The standard InChI is InChI=1S/C16H14BrN3O3S/c1-2-20-8-9(17)5-11(20)15(21)19-16-18-10-6-12-13(7-14(10)24-16)23-4-3-22-12/h5-8H,2-4H2,1H3,(H,18,19,21). The minimum Gasteiger partial charge on any atom is -0.486 e. The minimum absolute atomic E-state index is 0.182. The zero-order valence-electron chi connectivity index (χ0n) is 12.8. The molecule has 1 aromatic carbocycles. The predicted molar refractivity (Wildman–Crippen MR) is 96.4 cm³/mol. The van der Waals surface area contributed by atoms with Crippen LogP contribution in [-0.4, -0.2) is 28.7 Å². The number of amides is 1. The summed E-state index contributed by atoms with van der Waals surface area (Å²) in [7, 11) is 0. The maximum Gasteiger partial charge on any atom is 0.274 e. The van der Waals surface area contributed by atoms with Gasteiger partial charge in [0.1, 0.15) is 18.9 Å². The first-order chi connectivity index (χ1) is 11.6. The van der Waals surface area contributed by atoms with E-state index >= 15 is 0 Å². The van der Waals surface area contributed by atoms with E-state index in [1.165, 1.54) is 11.3 Å². The minimum atomic E-state index is -0.182. The maximum atomic E-state index is 12.5. The van der Waals surface area contributed by atoms with Crippen LogP contribution in [0.5, 0.6) is 11.5 Å². The monoisotopic (exact) mass is 407 g/mol. The van der Waals surface area contributed by atoms with Crippen molar-refractivity contribution in [2.24, 2.45) is 0 Å². The summed E-state index contributed by atoms with van der Waals surface area (Å²) in [4.78, 5) is 17.0. The number of nitrogens with zero attached hydrogens (tertiary/aromatic N) is 2. The fraction of sp³-hybridized carbons (Fsp3) is 0.250. The van der Waals surface area contributed by atoms with E-state index in [2.05, 4.69) is 26.2 Å². The first-order valence-electron chi connectivity index (χ1n) is 7.51. The second-order valence-electron chi connectivity index (χ2n) is 5.27. The third-order valence-electron chi connectivity index (χ3n) is 3.71. The zero-order chi connectivity index (χ0) is 16.7. The smallest absolute Gasteiger partial charge is 0.274 e. The number of carbonyl (C=O) groups excluding carboxylic acids is 1.